The first-order valence-electron chi connectivity index (χ1n) is 6.37. The average Bonchev–Trinajstić information content (AvgIpc) is 2.41. The highest BCUT2D eigenvalue weighted by atomic mass is 32.2. The lowest BCUT2D eigenvalue weighted by molar-refractivity contribution is 0.429. The first-order chi connectivity index (χ1) is 9.67. The molecular weight excluding hydrogens is 319 g/mol. The van der Waals surface area contributed by atoms with Crippen molar-refractivity contribution in [3.05, 3.63) is 29.1 Å². The third-order valence-corrected chi connectivity index (χ3v) is 7.15. The molecule has 1 heterocycles. The molecule has 0 saturated carbocycles. The van der Waals surface area contributed by atoms with Crippen molar-refractivity contribution in [2.45, 2.75) is 18.4 Å². The molecule has 0 radical (unpaired) electrons. The third kappa shape index (κ3) is 3.25. The summed E-state index contributed by atoms with van der Waals surface area (Å²) in [6, 6.07) is 2.55. The molecular formula is C12H17FN2O4S2. The Balaban J connectivity index is 2.43. The predicted octanol–water partition coefficient (Wildman–Crippen LogP) is 0.0119. The van der Waals surface area contributed by atoms with Crippen LogP contribution in [0.5, 0.6) is 0 Å². The molecule has 0 amide bonds. The van der Waals surface area contributed by atoms with Crippen LogP contribution in [0, 0.1) is 12.7 Å². The summed E-state index contributed by atoms with van der Waals surface area (Å²) < 4.78 is 62.8. The van der Waals surface area contributed by atoms with Crippen LogP contribution in [-0.2, 0) is 26.4 Å². The van der Waals surface area contributed by atoms with Crippen molar-refractivity contribution in [3.63, 3.8) is 0 Å². The maximum Gasteiger partial charge on any atom is 0.243 e. The first kappa shape index (κ1) is 16.3. The topological polar surface area (TPSA) is 97.5 Å². The Labute approximate surface area is 123 Å². The summed E-state index contributed by atoms with van der Waals surface area (Å²) in [5.41, 5.74) is 5.83. The maximum atomic E-state index is 13.8. The largest absolute Gasteiger partial charge is 0.326 e. The molecule has 1 fully saturated rings. The Morgan fingerprint density at radius 3 is 2.38 bits per heavy atom. The molecule has 0 unspecified atom stereocenters. The van der Waals surface area contributed by atoms with Crippen molar-refractivity contribution in [1.82, 2.24) is 4.31 Å². The molecule has 118 valence electrons. The molecule has 1 aliphatic heterocycles. The standard InChI is InChI=1S/C12H17FN2O4S2/c1-9-11(13)6-10(8-14)7-12(9)21(18,19)15-2-4-20(16,17)5-3-15/h6-7H,2-5,8,14H2,1H3. The van der Waals surface area contributed by atoms with Crippen molar-refractivity contribution in [1.29, 1.82) is 0 Å². The number of nitrogens with two attached hydrogens (primary N) is 1. The van der Waals surface area contributed by atoms with Crippen LogP contribution in [0.4, 0.5) is 4.39 Å². The van der Waals surface area contributed by atoms with E-state index in [1.54, 1.807) is 0 Å². The molecule has 1 saturated heterocycles. The molecule has 21 heavy (non-hydrogen) atoms. The number of rotatable bonds is 3. The lowest BCUT2D eigenvalue weighted by Gasteiger charge is -2.26. The molecule has 0 aliphatic carbocycles. The van der Waals surface area contributed by atoms with Gasteiger partial charge in [-0.2, -0.15) is 4.31 Å². The second-order valence-electron chi connectivity index (χ2n) is 4.96. The Morgan fingerprint density at radius 2 is 1.86 bits per heavy atom. The molecule has 1 aromatic carbocycles. The Morgan fingerprint density at radius 1 is 1.29 bits per heavy atom. The third-order valence-electron chi connectivity index (χ3n) is 3.51. The van der Waals surface area contributed by atoms with Gasteiger partial charge in [0, 0.05) is 25.2 Å². The van der Waals surface area contributed by atoms with E-state index < -0.39 is 25.7 Å². The highest BCUT2D eigenvalue weighted by molar-refractivity contribution is 7.92. The van der Waals surface area contributed by atoms with Crippen molar-refractivity contribution in [3.8, 4) is 0 Å². The summed E-state index contributed by atoms with van der Waals surface area (Å²) in [5, 5.41) is 0. The number of nitrogens with zero attached hydrogens (tertiary/aromatic N) is 1. The van der Waals surface area contributed by atoms with Crippen LogP contribution in [0.25, 0.3) is 0 Å². The summed E-state index contributed by atoms with van der Waals surface area (Å²) in [6.45, 7) is 1.18. The van der Waals surface area contributed by atoms with Crippen LogP contribution in [0.1, 0.15) is 11.1 Å². The van der Waals surface area contributed by atoms with Gasteiger partial charge in [-0.25, -0.2) is 21.2 Å². The zero-order chi connectivity index (χ0) is 15.8. The van der Waals surface area contributed by atoms with Crippen LogP contribution in [0.15, 0.2) is 17.0 Å². The minimum Gasteiger partial charge on any atom is -0.326 e. The van der Waals surface area contributed by atoms with E-state index in [4.69, 9.17) is 5.73 Å². The minimum atomic E-state index is -3.92. The van der Waals surface area contributed by atoms with E-state index in [2.05, 4.69) is 0 Å². The average molecular weight is 336 g/mol. The van der Waals surface area contributed by atoms with Crippen molar-refractivity contribution < 1.29 is 21.2 Å². The quantitative estimate of drug-likeness (QED) is 0.839. The smallest absolute Gasteiger partial charge is 0.243 e. The Kier molecular flexibility index (Phi) is 4.39. The SMILES string of the molecule is Cc1c(F)cc(CN)cc1S(=O)(=O)N1CCS(=O)(=O)CC1. The van der Waals surface area contributed by atoms with Gasteiger partial charge in [0.1, 0.15) is 5.82 Å². The second kappa shape index (κ2) is 5.64. The summed E-state index contributed by atoms with van der Waals surface area (Å²) in [5.74, 6) is -1.07. The van der Waals surface area contributed by atoms with Gasteiger partial charge in [-0.15, -0.1) is 0 Å². The maximum absolute atomic E-state index is 13.8. The molecule has 1 aromatic rings. The van der Waals surface area contributed by atoms with E-state index in [9.17, 15) is 21.2 Å². The van der Waals surface area contributed by atoms with Crippen molar-refractivity contribution in [2.75, 3.05) is 24.6 Å². The highest BCUT2D eigenvalue weighted by Gasteiger charge is 2.32. The molecule has 1 aliphatic rings. The highest BCUT2D eigenvalue weighted by Crippen LogP contribution is 2.25. The molecule has 0 bridgehead atoms. The molecule has 0 aromatic heterocycles. The van der Waals surface area contributed by atoms with E-state index >= 15 is 0 Å². The Bertz CT molecular complexity index is 746. The molecule has 2 N–H and O–H groups in total. The van der Waals surface area contributed by atoms with E-state index in [-0.39, 0.29) is 41.6 Å². The van der Waals surface area contributed by atoms with Gasteiger partial charge < -0.3 is 5.73 Å². The fraction of sp³-hybridized carbons (Fsp3) is 0.500. The number of sulfonamides is 1. The fourth-order valence-corrected chi connectivity index (χ4v) is 5.33. The molecule has 0 atom stereocenters. The Hall–Kier alpha value is -1.03. The molecule has 9 heteroatoms. The van der Waals surface area contributed by atoms with Crippen LogP contribution in [0.2, 0.25) is 0 Å². The number of hydrogen-bond acceptors (Lipinski definition) is 5. The number of benzene rings is 1. The number of hydrogen-bond donors (Lipinski definition) is 1. The fourth-order valence-electron chi connectivity index (χ4n) is 2.17. The van der Waals surface area contributed by atoms with Gasteiger partial charge in [0.05, 0.1) is 16.4 Å². The molecule has 6 nitrogen and oxygen atoms in total. The zero-order valence-corrected chi connectivity index (χ0v) is 13.2. The van der Waals surface area contributed by atoms with Gasteiger partial charge in [-0.05, 0) is 24.6 Å². The molecule has 2 rings (SSSR count). The lowest BCUT2D eigenvalue weighted by atomic mass is 10.1. The summed E-state index contributed by atoms with van der Waals surface area (Å²) in [4.78, 5) is -0.151. The second-order valence-corrected chi connectivity index (χ2v) is 9.17. The van der Waals surface area contributed by atoms with Crippen molar-refractivity contribution in [2.24, 2.45) is 5.73 Å². The lowest BCUT2D eigenvalue weighted by Crippen LogP contribution is -2.43. The van der Waals surface area contributed by atoms with Gasteiger partial charge >= 0.3 is 0 Å². The first-order valence-corrected chi connectivity index (χ1v) is 9.63. The number of halogens is 1. The van der Waals surface area contributed by atoms with E-state index in [0.717, 1.165) is 4.31 Å². The number of sulfone groups is 1. The molecule has 0 spiro atoms. The summed E-state index contributed by atoms with van der Waals surface area (Å²) >= 11 is 0. The van der Waals surface area contributed by atoms with Crippen LogP contribution >= 0.6 is 0 Å². The van der Waals surface area contributed by atoms with Gasteiger partial charge in [0.15, 0.2) is 9.84 Å². The van der Waals surface area contributed by atoms with Crippen LogP contribution < -0.4 is 5.73 Å². The van der Waals surface area contributed by atoms with E-state index in [0.29, 0.717) is 5.56 Å². The normalized spacial score (nSPS) is 19.6. The summed E-state index contributed by atoms with van der Waals surface area (Å²) in [7, 11) is -7.11. The van der Waals surface area contributed by atoms with Gasteiger partial charge in [0.25, 0.3) is 0 Å². The van der Waals surface area contributed by atoms with Crippen molar-refractivity contribution >= 4 is 19.9 Å². The van der Waals surface area contributed by atoms with Crippen LogP contribution in [-0.4, -0.2) is 45.7 Å². The van der Waals surface area contributed by atoms with Gasteiger partial charge in [0.2, 0.25) is 10.0 Å². The van der Waals surface area contributed by atoms with Gasteiger partial charge in [-0.1, -0.05) is 0 Å². The zero-order valence-electron chi connectivity index (χ0n) is 11.5. The van der Waals surface area contributed by atoms with Gasteiger partial charge in [-0.3, -0.25) is 0 Å². The summed E-state index contributed by atoms with van der Waals surface area (Å²) in [6.07, 6.45) is 0. The predicted molar refractivity (Wildman–Crippen MR) is 76.4 cm³/mol. The monoisotopic (exact) mass is 336 g/mol. The van der Waals surface area contributed by atoms with E-state index in [1.165, 1.54) is 19.1 Å². The van der Waals surface area contributed by atoms with Crippen LogP contribution in [0.3, 0.4) is 0 Å². The minimum absolute atomic E-state index is 0.0145. The van der Waals surface area contributed by atoms with E-state index in [1.807, 2.05) is 0 Å².